The second-order valence-corrected chi connectivity index (χ2v) is 4.29. The third-order valence-electron chi connectivity index (χ3n) is 2.74. The molecule has 0 spiro atoms. The number of benzene rings is 1. The minimum atomic E-state index is -4.40. The number of carbonyl (C=O) groups excluding carboxylic acids is 1. The minimum Gasteiger partial charge on any atom is -0.304 e. The van der Waals surface area contributed by atoms with Crippen LogP contribution in [0.25, 0.3) is 0 Å². The van der Waals surface area contributed by atoms with E-state index in [2.05, 4.69) is 10.3 Å². The summed E-state index contributed by atoms with van der Waals surface area (Å²) in [4.78, 5) is 14.5. The van der Waals surface area contributed by atoms with E-state index in [-0.39, 0.29) is 6.54 Å². The van der Waals surface area contributed by atoms with Crippen LogP contribution >= 0.6 is 0 Å². The van der Waals surface area contributed by atoms with Gasteiger partial charge in [-0.25, -0.2) is 0 Å². The fraction of sp³-hybridized carbons (Fsp3) is 0.429. The van der Waals surface area contributed by atoms with Gasteiger partial charge in [0.15, 0.2) is 0 Å². The molecule has 1 atom stereocenters. The standard InChI is InChI=1S/C14H17F3N2O/c1-3-6-19-13-5-4-11(14(15,16)17)9-12(13)10(2)18-7-8-20/h4-6,8-10,18H,3,7H2,1-2H3. The summed E-state index contributed by atoms with van der Waals surface area (Å²) in [5.74, 6) is 0. The lowest BCUT2D eigenvalue weighted by Crippen LogP contribution is -2.21. The Balaban J connectivity index is 3.18. The molecule has 0 aliphatic carbocycles. The summed E-state index contributed by atoms with van der Waals surface area (Å²) in [6.07, 6.45) is -1.40. The number of aldehydes is 1. The van der Waals surface area contributed by atoms with Crippen LogP contribution < -0.4 is 5.32 Å². The van der Waals surface area contributed by atoms with Gasteiger partial charge in [0.25, 0.3) is 0 Å². The monoisotopic (exact) mass is 286 g/mol. The largest absolute Gasteiger partial charge is 0.416 e. The van der Waals surface area contributed by atoms with Gasteiger partial charge in [0, 0.05) is 12.3 Å². The summed E-state index contributed by atoms with van der Waals surface area (Å²) in [5, 5.41) is 2.83. The van der Waals surface area contributed by atoms with Crippen molar-refractivity contribution in [3.63, 3.8) is 0 Å². The van der Waals surface area contributed by atoms with E-state index < -0.39 is 17.8 Å². The van der Waals surface area contributed by atoms with E-state index in [1.165, 1.54) is 6.07 Å². The highest BCUT2D eigenvalue weighted by Crippen LogP contribution is 2.34. The van der Waals surface area contributed by atoms with Crippen molar-refractivity contribution in [3.05, 3.63) is 29.3 Å². The molecule has 0 radical (unpaired) electrons. The molecule has 0 amide bonds. The zero-order valence-corrected chi connectivity index (χ0v) is 11.4. The van der Waals surface area contributed by atoms with Crippen LogP contribution in [-0.4, -0.2) is 19.0 Å². The number of aliphatic imine (C=N–C) groups is 1. The molecule has 20 heavy (non-hydrogen) atoms. The number of nitrogens with one attached hydrogen (secondary N) is 1. The Hall–Kier alpha value is -1.69. The van der Waals surface area contributed by atoms with E-state index >= 15 is 0 Å². The molecule has 0 fully saturated rings. The average molecular weight is 286 g/mol. The van der Waals surface area contributed by atoms with E-state index in [0.717, 1.165) is 12.1 Å². The van der Waals surface area contributed by atoms with E-state index in [1.807, 2.05) is 6.92 Å². The zero-order valence-electron chi connectivity index (χ0n) is 11.4. The molecular weight excluding hydrogens is 269 g/mol. The summed E-state index contributed by atoms with van der Waals surface area (Å²) in [6.45, 7) is 3.67. The first kappa shape index (κ1) is 16.4. The van der Waals surface area contributed by atoms with Gasteiger partial charge in [0.1, 0.15) is 6.29 Å². The number of carbonyl (C=O) groups is 1. The van der Waals surface area contributed by atoms with Gasteiger partial charge in [-0.15, -0.1) is 0 Å². The normalized spacial score (nSPS) is 13.7. The highest BCUT2D eigenvalue weighted by Gasteiger charge is 2.31. The van der Waals surface area contributed by atoms with Gasteiger partial charge < -0.3 is 10.1 Å². The Morgan fingerprint density at radius 1 is 1.40 bits per heavy atom. The van der Waals surface area contributed by atoms with Crippen molar-refractivity contribution >= 4 is 18.2 Å². The summed E-state index contributed by atoms with van der Waals surface area (Å²) in [5.41, 5.74) is 0.180. The molecule has 6 heteroatoms. The van der Waals surface area contributed by atoms with Crippen molar-refractivity contribution in [2.24, 2.45) is 4.99 Å². The van der Waals surface area contributed by atoms with Crippen molar-refractivity contribution in [1.29, 1.82) is 0 Å². The maximum absolute atomic E-state index is 12.8. The lowest BCUT2D eigenvalue weighted by Gasteiger charge is -2.17. The molecule has 0 bridgehead atoms. The van der Waals surface area contributed by atoms with E-state index in [1.54, 1.807) is 13.1 Å². The summed E-state index contributed by atoms with van der Waals surface area (Å²) in [7, 11) is 0. The summed E-state index contributed by atoms with van der Waals surface area (Å²) in [6, 6.07) is 3.04. The Labute approximate surface area is 115 Å². The van der Waals surface area contributed by atoms with Crippen molar-refractivity contribution in [2.45, 2.75) is 32.5 Å². The van der Waals surface area contributed by atoms with Gasteiger partial charge in [0.2, 0.25) is 0 Å². The molecule has 1 unspecified atom stereocenters. The Morgan fingerprint density at radius 3 is 2.65 bits per heavy atom. The third-order valence-corrected chi connectivity index (χ3v) is 2.74. The predicted molar refractivity (Wildman–Crippen MR) is 72.4 cm³/mol. The number of hydrogen-bond donors (Lipinski definition) is 1. The molecule has 1 aromatic rings. The topological polar surface area (TPSA) is 41.5 Å². The number of hydrogen-bond acceptors (Lipinski definition) is 3. The van der Waals surface area contributed by atoms with Crippen LogP contribution in [-0.2, 0) is 11.0 Å². The van der Waals surface area contributed by atoms with E-state index in [9.17, 15) is 18.0 Å². The van der Waals surface area contributed by atoms with Crippen LogP contribution in [0.1, 0.15) is 37.4 Å². The first-order chi connectivity index (χ1) is 9.40. The quantitative estimate of drug-likeness (QED) is 0.640. The number of nitrogens with zero attached hydrogens (tertiary/aromatic N) is 1. The van der Waals surface area contributed by atoms with Gasteiger partial charge in [-0.2, -0.15) is 13.2 Å². The van der Waals surface area contributed by atoms with Crippen molar-refractivity contribution in [2.75, 3.05) is 6.54 Å². The summed E-state index contributed by atoms with van der Waals surface area (Å²) < 4.78 is 38.3. The molecule has 0 saturated carbocycles. The van der Waals surface area contributed by atoms with Crippen LogP contribution in [0.2, 0.25) is 0 Å². The zero-order chi connectivity index (χ0) is 15.2. The fourth-order valence-electron chi connectivity index (χ4n) is 1.72. The lowest BCUT2D eigenvalue weighted by molar-refractivity contribution is -0.137. The molecule has 3 nitrogen and oxygen atoms in total. The third kappa shape index (κ3) is 4.45. The first-order valence-electron chi connectivity index (χ1n) is 6.30. The molecular formula is C14H17F3N2O. The van der Waals surface area contributed by atoms with E-state index in [4.69, 9.17) is 0 Å². The van der Waals surface area contributed by atoms with Gasteiger partial charge in [-0.3, -0.25) is 4.99 Å². The fourth-order valence-corrected chi connectivity index (χ4v) is 1.72. The highest BCUT2D eigenvalue weighted by molar-refractivity contribution is 5.65. The molecule has 1 N–H and O–H groups in total. The van der Waals surface area contributed by atoms with E-state index in [0.29, 0.717) is 24.0 Å². The molecule has 0 saturated heterocycles. The first-order valence-corrected chi connectivity index (χ1v) is 6.30. The van der Waals surface area contributed by atoms with Gasteiger partial charge in [-0.05, 0) is 37.1 Å². The summed E-state index contributed by atoms with van der Waals surface area (Å²) >= 11 is 0. The maximum Gasteiger partial charge on any atom is 0.416 e. The Kier molecular flexibility index (Phi) is 5.88. The van der Waals surface area contributed by atoms with Crippen LogP contribution in [0, 0.1) is 0 Å². The van der Waals surface area contributed by atoms with Gasteiger partial charge in [0.05, 0.1) is 17.8 Å². The SMILES string of the molecule is CCC=Nc1ccc(C(F)(F)F)cc1C(C)NCC=O. The van der Waals surface area contributed by atoms with Crippen LogP contribution in [0.3, 0.4) is 0 Å². The van der Waals surface area contributed by atoms with Crippen molar-refractivity contribution in [1.82, 2.24) is 5.32 Å². The Bertz CT molecular complexity index is 484. The maximum atomic E-state index is 12.8. The molecule has 1 aromatic carbocycles. The van der Waals surface area contributed by atoms with Crippen LogP contribution in [0.15, 0.2) is 23.2 Å². The lowest BCUT2D eigenvalue weighted by atomic mass is 10.0. The second-order valence-electron chi connectivity index (χ2n) is 4.29. The molecule has 1 rings (SSSR count). The highest BCUT2D eigenvalue weighted by atomic mass is 19.4. The number of halogens is 3. The number of rotatable bonds is 6. The molecule has 0 aromatic heterocycles. The van der Waals surface area contributed by atoms with Crippen molar-refractivity contribution < 1.29 is 18.0 Å². The molecule has 0 aliphatic heterocycles. The molecule has 0 heterocycles. The van der Waals surface area contributed by atoms with Crippen molar-refractivity contribution in [3.8, 4) is 0 Å². The molecule has 110 valence electrons. The predicted octanol–water partition coefficient (Wildman–Crippen LogP) is 3.67. The Morgan fingerprint density at radius 2 is 2.10 bits per heavy atom. The van der Waals surface area contributed by atoms with Gasteiger partial charge >= 0.3 is 6.18 Å². The van der Waals surface area contributed by atoms with Crippen LogP contribution in [0.4, 0.5) is 18.9 Å². The van der Waals surface area contributed by atoms with Crippen LogP contribution in [0.5, 0.6) is 0 Å². The average Bonchev–Trinajstić information content (AvgIpc) is 2.41. The molecule has 0 aliphatic rings. The smallest absolute Gasteiger partial charge is 0.304 e. The number of alkyl halides is 3. The second kappa shape index (κ2) is 7.19. The van der Waals surface area contributed by atoms with Gasteiger partial charge in [-0.1, -0.05) is 6.92 Å². The minimum absolute atomic E-state index is 0.0777.